The van der Waals surface area contributed by atoms with Crippen molar-refractivity contribution in [1.29, 1.82) is 0 Å². The Hall–Kier alpha value is -2.34. The van der Waals surface area contributed by atoms with Gasteiger partial charge in [-0.15, -0.1) is 0 Å². The van der Waals surface area contributed by atoms with Gasteiger partial charge in [-0.1, -0.05) is 49.9 Å². The van der Waals surface area contributed by atoms with E-state index in [9.17, 15) is 9.59 Å². The first kappa shape index (κ1) is 21.4. The normalized spacial score (nSPS) is 16.1. The molecule has 156 valence electrons. The molecule has 0 bridgehead atoms. The van der Waals surface area contributed by atoms with Crippen LogP contribution in [0.5, 0.6) is 0 Å². The van der Waals surface area contributed by atoms with Crippen LogP contribution in [-0.2, 0) is 4.79 Å². The predicted octanol–water partition coefficient (Wildman–Crippen LogP) is 4.26. The number of halogens is 1. The van der Waals surface area contributed by atoms with Gasteiger partial charge in [-0.25, -0.2) is 0 Å². The van der Waals surface area contributed by atoms with E-state index in [1.54, 1.807) is 16.8 Å². The summed E-state index contributed by atoms with van der Waals surface area (Å²) in [6.45, 7) is 5.35. The second kappa shape index (κ2) is 9.44. The number of nitrogens with zero attached hydrogens (tertiary/aromatic N) is 4. The monoisotopic (exact) mass is 416 g/mol. The van der Waals surface area contributed by atoms with E-state index in [1.165, 1.54) is 0 Å². The van der Waals surface area contributed by atoms with Gasteiger partial charge in [0.25, 0.3) is 5.91 Å². The molecule has 2 amide bonds. The minimum atomic E-state index is -0.137. The van der Waals surface area contributed by atoms with E-state index in [1.807, 2.05) is 41.9 Å². The zero-order valence-corrected chi connectivity index (χ0v) is 18.2. The van der Waals surface area contributed by atoms with E-state index in [-0.39, 0.29) is 24.4 Å². The van der Waals surface area contributed by atoms with Crippen molar-refractivity contribution in [2.75, 3.05) is 26.7 Å². The van der Waals surface area contributed by atoms with Crippen LogP contribution in [0, 0.1) is 0 Å². The van der Waals surface area contributed by atoms with Gasteiger partial charge in [0.1, 0.15) is 12.2 Å². The zero-order valence-electron chi connectivity index (χ0n) is 17.4. The Morgan fingerprint density at radius 3 is 2.62 bits per heavy atom. The molecule has 29 heavy (non-hydrogen) atoms. The van der Waals surface area contributed by atoms with E-state index in [2.05, 4.69) is 6.92 Å². The molecule has 0 N–H and O–H groups in total. The minimum Gasteiger partial charge on any atom is -0.345 e. The van der Waals surface area contributed by atoms with E-state index < -0.39 is 0 Å². The predicted molar refractivity (Wildman–Crippen MR) is 115 cm³/mol. The molecule has 0 aliphatic carbocycles. The van der Waals surface area contributed by atoms with Gasteiger partial charge in [0.05, 0.1) is 11.7 Å². The van der Waals surface area contributed by atoms with Crippen molar-refractivity contribution in [3.8, 4) is 11.3 Å². The fraction of sp³-hybridized carbons (Fsp3) is 0.500. The number of carbonyl (C=O) groups excluding carboxylic acids is 2. The summed E-state index contributed by atoms with van der Waals surface area (Å²) < 4.78 is 1.87. The third kappa shape index (κ3) is 4.81. The maximum atomic E-state index is 13.1. The summed E-state index contributed by atoms with van der Waals surface area (Å²) >= 11 is 6.00. The maximum Gasteiger partial charge on any atom is 0.272 e. The topological polar surface area (TPSA) is 58.4 Å². The van der Waals surface area contributed by atoms with Crippen molar-refractivity contribution in [3.05, 3.63) is 41.0 Å². The molecular weight excluding hydrogens is 388 g/mol. The summed E-state index contributed by atoms with van der Waals surface area (Å²) in [6, 6.07) is 9.37. The molecule has 1 aliphatic rings. The lowest BCUT2D eigenvalue weighted by molar-refractivity contribution is -0.130. The number of fused-ring (bicyclic) bond motifs is 1. The molecule has 3 rings (SSSR count). The van der Waals surface area contributed by atoms with Crippen LogP contribution in [-0.4, -0.2) is 58.1 Å². The lowest BCUT2D eigenvalue weighted by Crippen LogP contribution is -2.48. The number of hydrogen-bond donors (Lipinski definition) is 0. The Bertz CT molecular complexity index is 862. The molecule has 6 nitrogen and oxygen atoms in total. The molecule has 0 saturated heterocycles. The fourth-order valence-electron chi connectivity index (χ4n) is 3.61. The average molecular weight is 417 g/mol. The van der Waals surface area contributed by atoms with E-state index >= 15 is 0 Å². The standard InChI is InChI=1S/C22H29ClN4O2/c1-4-6-7-8-18-14-26(15-21(28)25(3)5-2)22(29)20-13-19(24-27(18)20)16-9-11-17(23)12-10-16/h9-13,18H,4-8,14-15H2,1-3H3. The number of hydrogen-bond acceptors (Lipinski definition) is 3. The summed E-state index contributed by atoms with van der Waals surface area (Å²) in [4.78, 5) is 28.9. The van der Waals surface area contributed by atoms with Gasteiger partial charge in [0.2, 0.25) is 5.91 Å². The quantitative estimate of drug-likeness (QED) is 0.604. The smallest absolute Gasteiger partial charge is 0.272 e. The van der Waals surface area contributed by atoms with E-state index in [0.717, 1.165) is 36.9 Å². The van der Waals surface area contributed by atoms with Crippen molar-refractivity contribution in [2.45, 2.75) is 45.6 Å². The number of benzene rings is 1. The molecule has 7 heteroatoms. The van der Waals surface area contributed by atoms with Gasteiger partial charge in [-0.3, -0.25) is 14.3 Å². The van der Waals surface area contributed by atoms with Gasteiger partial charge in [0.15, 0.2) is 0 Å². The summed E-state index contributed by atoms with van der Waals surface area (Å²) in [5, 5.41) is 5.42. The van der Waals surface area contributed by atoms with Crippen LogP contribution in [0.4, 0.5) is 0 Å². The molecule has 0 saturated carbocycles. The third-order valence-electron chi connectivity index (χ3n) is 5.53. The molecule has 1 unspecified atom stereocenters. The van der Waals surface area contributed by atoms with E-state index in [0.29, 0.717) is 23.8 Å². The molecule has 1 aromatic carbocycles. The maximum absolute atomic E-state index is 13.1. The number of rotatable bonds is 8. The minimum absolute atomic E-state index is 0.0425. The van der Waals surface area contributed by atoms with E-state index in [4.69, 9.17) is 16.7 Å². The molecule has 0 radical (unpaired) electrons. The Morgan fingerprint density at radius 1 is 1.24 bits per heavy atom. The second-order valence-electron chi connectivity index (χ2n) is 7.61. The fourth-order valence-corrected chi connectivity index (χ4v) is 3.74. The Labute approximate surface area is 177 Å². The first-order chi connectivity index (χ1) is 13.9. The molecule has 0 spiro atoms. The number of amides is 2. The summed E-state index contributed by atoms with van der Waals surface area (Å²) in [5.41, 5.74) is 2.23. The van der Waals surface area contributed by atoms with Crippen molar-refractivity contribution in [2.24, 2.45) is 0 Å². The SMILES string of the molecule is CCCCCC1CN(CC(=O)N(C)CC)C(=O)c2cc(-c3ccc(Cl)cc3)nn21. The largest absolute Gasteiger partial charge is 0.345 e. The number of unbranched alkanes of at least 4 members (excludes halogenated alkanes) is 2. The van der Waals surface area contributed by atoms with Crippen molar-refractivity contribution < 1.29 is 9.59 Å². The molecule has 2 aromatic rings. The molecule has 2 heterocycles. The van der Waals surface area contributed by atoms with Crippen LogP contribution >= 0.6 is 11.6 Å². The van der Waals surface area contributed by atoms with Crippen molar-refractivity contribution in [1.82, 2.24) is 19.6 Å². The van der Waals surface area contributed by atoms with Crippen LogP contribution in [0.3, 0.4) is 0 Å². The highest BCUT2D eigenvalue weighted by molar-refractivity contribution is 6.30. The first-order valence-electron chi connectivity index (χ1n) is 10.3. The molecular formula is C22H29ClN4O2. The van der Waals surface area contributed by atoms with Crippen LogP contribution < -0.4 is 0 Å². The number of carbonyl (C=O) groups is 2. The van der Waals surface area contributed by atoms with Crippen molar-refractivity contribution in [3.63, 3.8) is 0 Å². The van der Waals surface area contributed by atoms with Gasteiger partial charge in [0, 0.05) is 30.7 Å². The Morgan fingerprint density at radius 2 is 1.97 bits per heavy atom. The van der Waals surface area contributed by atoms with Gasteiger partial charge >= 0.3 is 0 Å². The average Bonchev–Trinajstić information content (AvgIpc) is 3.17. The molecule has 1 aromatic heterocycles. The van der Waals surface area contributed by atoms with Gasteiger partial charge in [-0.2, -0.15) is 5.10 Å². The van der Waals surface area contributed by atoms with Gasteiger partial charge in [-0.05, 0) is 31.5 Å². The lowest BCUT2D eigenvalue weighted by atomic mass is 10.0. The molecule has 1 atom stereocenters. The highest BCUT2D eigenvalue weighted by Crippen LogP contribution is 2.29. The summed E-state index contributed by atoms with van der Waals surface area (Å²) in [7, 11) is 1.76. The van der Waals surface area contributed by atoms with Crippen LogP contribution in [0.25, 0.3) is 11.3 Å². The second-order valence-corrected chi connectivity index (χ2v) is 8.05. The summed E-state index contributed by atoms with van der Waals surface area (Å²) in [6.07, 6.45) is 4.28. The first-order valence-corrected chi connectivity index (χ1v) is 10.7. The zero-order chi connectivity index (χ0) is 21.0. The number of likely N-dealkylation sites (N-methyl/N-ethyl adjacent to an activating group) is 1. The van der Waals surface area contributed by atoms with Crippen LogP contribution in [0.1, 0.15) is 56.1 Å². The Kier molecular flexibility index (Phi) is 6.96. The number of aromatic nitrogens is 2. The lowest BCUT2D eigenvalue weighted by Gasteiger charge is -2.34. The van der Waals surface area contributed by atoms with Crippen LogP contribution in [0.2, 0.25) is 5.02 Å². The molecule has 1 aliphatic heterocycles. The highest BCUT2D eigenvalue weighted by Gasteiger charge is 2.34. The third-order valence-corrected chi connectivity index (χ3v) is 5.78. The molecule has 0 fully saturated rings. The Balaban J connectivity index is 1.90. The highest BCUT2D eigenvalue weighted by atomic mass is 35.5. The summed E-state index contributed by atoms with van der Waals surface area (Å²) in [5.74, 6) is -0.179. The van der Waals surface area contributed by atoms with Crippen molar-refractivity contribution >= 4 is 23.4 Å². The van der Waals surface area contributed by atoms with Gasteiger partial charge < -0.3 is 9.80 Å². The van der Waals surface area contributed by atoms with Crippen LogP contribution in [0.15, 0.2) is 30.3 Å².